The molecule has 0 atom stereocenters. The normalized spacial score (nSPS) is 11.1. The van der Waals surface area contributed by atoms with Gasteiger partial charge in [-0.1, -0.05) is 12.1 Å². The second-order valence-corrected chi connectivity index (χ2v) is 5.25. The predicted molar refractivity (Wildman–Crippen MR) is 72.8 cm³/mol. The minimum absolute atomic E-state index is 0.0471. The predicted octanol–water partition coefficient (Wildman–Crippen LogP) is 1.29. The van der Waals surface area contributed by atoms with Crippen LogP contribution in [0, 0.1) is 0 Å². The molecule has 0 amide bonds. The molecule has 0 spiro atoms. The molecule has 2 aromatic rings. The van der Waals surface area contributed by atoms with E-state index in [9.17, 15) is 13.0 Å². The molecule has 0 radical (unpaired) electrons. The highest BCUT2D eigenvalue weighted by molar-refractivity contribution is 7.87. The van der Waals surface area contributed by atoms with Crippen LogP contribution in [0.25, 0.3) is 0 Å². The Morgan fingerprint density at radius 1 is 1.25 bits per heavy atom. The summed E-state index contributed by atoms with van der Waals surface area (Å²) in [7, 11) is -2.89. The molecule has 0 bridgehead atoms. The average Bonchev–Trinajstić information content (AvgIpc) is 2.45. The van der Waals surface area contributed by atoms with Crippen molar-refractivity contribution in [3.63, 3.8) is 0 Å². The van der Waals surface area contributed by atoms with Gasteiger partial charge in [0.2, 0.25) is 0 Å². The molecule has 1 aromatic carbocycles. The number of nitrogens with zero attached hydrogens (tertiary/aromatic N) is 3. The number of benzene rings is 1. The number of methoxy groups -OCH3 is 1. The van der Waals surface area contributed by atoms with Crippen LogP contribution in [0.4, 0.5) is 5.82 Å². The van der Waals surface area contributed by atoms with Gasteiger partial charge in [0, 0.05) is 6.20 Å². The van der Waals surface area contributed by atoms with Crippen LogP contribution in [0.2, 0.25) is 0 Å². The summed E-state index contributed by atoms with van der Waals surface area (Å²) in [4.78, 5) is 0. The minimum Gasteiger partial charge on any atom is -0.497 e. The maximum Gasteiger partial charge on any atom is 0.361 e. The van der Waals surface area contributed by atoms with E-state index in [-0.39, 0.29) is 12.4 Å². The molecule has 7 nitrogen and oxygen atoms in total. The van der Waals surface area contributed by atoms with Crippen LogP contribution in [0.15, 0.2) is 42.6 Å². The van der Waals surface area contributed by atoms with Crippen molar-refractivity contribution in [1.82, 2.24) is 10.2 Å². The summed E-state index contributed by atoms with van der Waals surface area (Å²) in [6.07, 6.45) is 1.42. The molecule has 1 N–H and O–H groups in total. The Morgan fingerprint density at radius 3 is 2.45 bits per heavy atom. The van der Waals surface area contributed by atoms with Crippen LogP contribution in [0.3, 0.4) is 0 Å². The number of anilines is 1. The van der Waals surface area contributed by atoms with Gasteiger partial charge in [0.05, 0.1) is 13.7 Å². The van der Waals surface area contributed by atoms with Crippen molar-refractivity contribution < 1.29 is 17.7 Å². The lowest BCUT2D eigenvalue weighted by Gasteiger charge is -2.19. The Balaban J connectivity index is 2.29. The third-order valence-electron chi connectivity index (χ3n) is 2.58. The summed E-state index contributed by atoms with van der Waals surface area (Å²) >= 11 is 0. The first-order valence-electron chi connectivity index (χ1n) is 5.66. The smallest absolute Gasteiger partial charge is 0.361 e. The Bertz CT molecular complexity index is 659. The van der Waals surface area contributed by atoms with Crippen LogP contribution in [0.5, 0.6) is 5.75 Å². The molecule has 1 heterocycles. The first-order chi connectivity index (χ1) is 9.50. The summed E-state index contributed by atoms with van der Waals surface area (Å²) in [6, 6.07) is 9.79. The zero-order chi connectivity index (χ0) is 14.6. The summed E-state index contributed by atoms with van der Waals surface area (Å²) < 4.78 is 38.0. The number of aromatic nitrogens is 2. The molecule has 20 heavy (non-hydrogen) atoms. The topological polar surface area (TPSA) is 92.6 Å². The molecule has 8 heteroatoms. The van der Waals surface area contributed by atoms with Crippen LogP contribution < -0.4 is 9.04 Å². The highest BCUT2D eigenvalue weighted by Gasteiger charge is 2.21. The molecule has 0 aliphatic rings. The fourth-order valence-corrected chi connectivity index (χ4v) is 2.25. The van der Waals surface area contributed by atoms with Gasteiger partial charge in [-0.05, 0) is 29.8 Å². The molecule has 0 saturated carbocycles. The molecule has 2 rings (SSSR count). The van der Waals surface area contributed by atoms with Crippen molar-refractivity contribution in [2.75, 3.05) is 11.4 Å². The highest BCUT2D eigenvalue weighted by Crippen LogP contribution is 2.18. The average molecular weight is 295 g/mol. The quantitative estimate of drug-likeness (QED) is 0.836. The number of rotatable bonds is 5. The molecular formula is C12H13N3O4S. The van der Waals surface area contributed by atoms with Gasteiger partial charge in [-0.3, -0.25) is 4.55 Å². The minimum atomic E-state index is -4.43. The van der Waals surface area contributed by atoms with Gasteiger partial charge in [-0.2, -0.15) is 13.5 Å². The van der Waals surface area contributed by atoms with E-state index >= 15 is 0 Å². The van der Waals surface area contributed by atoms with Gasteiger partial charge >= 0.3 is 10.3 Å². The van der Waals surface area contributed by atoms with E-state index in [1.165, 1.54) is 18.3 Å². The van der Waals surface area contributed by atoms with Crippen LogP contribution in [0.1, 0.15) is 5.56 Å². The van der Waals surface area contributed by atoms with E-state index in [0.717, 1.165) is 4.31 Å². The maximum atomic E-state index is 11.4. The largest absolute Gasteiger partial charge is 0.497 e. The Kier molecular flexibility index (Phi) is 4.16. The van der Waals surface area contributed by atoms with Crippen molar-refractivity contribution in [3.05, 3.63) is 48.2 Å². The SMILES string of the molecule is COc1ccc(CN(c2cccnn2)S(=O)(=O)O)cc1. The molecule has 0 saturated heterocycles. The lowest BCUT2D eigenvalue weighted by atomic mass is 10.2. The van der Waals surface area contributed by atoms with Gasteiger partial charge < -0.3 is 4.74 Å². The van der Waals surface area contributed by atoms with Crippen molar-refractivity contribution >= 4 is 16.1 Å². The van der Waals surface area contributed by atoms with E-state index < -0.39 is 10.3 Å². The summed E-state index contributed by atoms with van der Waals surface area (Å²) in [5.74, 6) is 0.706. The fraction of sp³-hybridized carbons (Fsp3) is 0.167. The third-order valence-corrected chi connectivity index (χ3v) is 3.45. The second kappa shape index (κ2) is 5.85. The summed E-state index contributed by atoms with van der Waals surface area (Å²) in [5, 5.41) is 7.29. The van der Waals surface area contributed by atoms with Gasteiger partial charge in [0.15, 0.2) is 5.82 Å². The summed E-state index contributed by atoms with van der Waals surface area (Å²) in [6.45, 7) is -0.0540. The van der Waals surface area contributed by atoms with Crippen LogP contribution >= 0.6 is 0 Å². The molecule has 0 aliphatic carbocycles. The van der Waals surface area contributed by atoms with Crippen LogP contribution in [-0.2, 0) is 16.8 Å². The molecule has 0 aliphatic heterocycles. The molecule has 106 valence electrons. The molecule has 0 fully saturated rings. The monoisotopic (exact) mass is 295 g/mol. The van der Waals surface area contributed by atoms with Crippen molar-refractivity contribution in [3.8, 4) is 5.75 Å². The fourth-order valence-electron chi connectivity index (χ4n) is 1.60. The first-order valence-corrected chi connectivity index (χ1v) is 7.06. The highest BCUT2D eigenvalue weighted by atomic mass is 32.2. The van der Waals surface area contributed by atoms with Gasteiger partial charge in [0.25, 0.3) is 0 Å². The van der Waals surface area contributed by atoms with Crippen molar-refractivity contribution in [2.24, 2.45) is 0 Å². The van der Waals surface area contributed by atoms with E-state index in [0.29, 0.717) is 11.3 Å². The molecule has 1 aromatic heterocycles. The van der Waals surface area contributed by atoms with E-state index in [4.69, 9.17) is 4.74 Å². The van der Waals surface area contributed by atoms with Gasteiger partial charge in [-0.15, -0.1) is 5.10 Å². The Labute approximate surface area is 116 Å². The van der Waals surface area contributed by atoms with E-state index in [2.05, 4.69) is 10.2 Å². The van der Waals surface area contributed by atoms with E-state index in [1.807, 2.05) is 0 Å². The second-order valence-electron chi connectivity index (χ2n) is 3.91. The zero-order valence-corrected chi connectivity index (χ0v) is 11.5. The van der Waals surface area contributed by atoms with Crippen molar-refractivity contribution in [1.29, 1.82) is 0 Å². The van der Waals surface area contributed by atoms with E-state index in [1.54, 1.807) is 31.4 Å². The van der Waals surface area contributed by atoms with Crippen molar-refractivity contribution in [2.45, 2.75) is 6.54 Å². The number of hydrogen-bond acceptors (Lipinski definition) is 5. The number of ether oxygens (including phenoxy) is 1. The number of hydrogen-bond donors (Lipinski definition) is 1. The van der Waals surface area contributed by atoms with Gasteiger partial charge in [0.1, 0.15) is 5.75 Å². The lowest BCUT2D eigenvalue weighted by molar-refractivity contribution is 0.414. The standard InChI is InChI=1S/C12H13N3O4S/c1-19-11-6-4-10(5-7-11)9-15(20(16,17)18)12-3-2-8-13-14-12/h2-8H,9H2,1H3,(H,16,17,18). The third kappa shape index (κ3) is 3.43. The van der Waals surface area contributed by atoms with Gasteiger partial charge in [-0.25, -0.2) is 4.31 Å². The lowest BCUT2D eigenvalue weighted by Crippen LogP contribution is -2.30. The zero-order valence-electron chi connectivity index (χ0n) is 10.7. The first kappa shape index (κ1) is 14.2. The maximum absolute atomic E-state index is 11.4. The Hall–Kier alpha value is -2.19. The molecular weight excluding hydrogens is 282 g/mol. The van der Waals surface area contributed by atoms with Crippen LogP contribution in [-0.4, -0.2) is 30.3 Å². The Morgan fingerprint density at radius 2 is 1.95 bits per heavy atom. The molecule has 0 unspecified atom stereocenters. The summed E-state index contributed by atoms with van der Waals surface area (Å²) in [5.41, 5.74) is 0.675.